The normalized spacial score (nSPS) is 38.1. The van der Waals surface area contributed by atoms with Gasteiger partial charge in [0, 0.05) is 120 Å². The molecule has 0 aromatic rings. The quantitative estimate of drug-likeness (QED) is 0.00748. The summed E-state index contributed by atoms with van der Waals surface area (Å²) in [6.45, 7) is 42.3. The number of alkyl halides is 4. The zero-order chi connectivity index (χ0) is 102. The van der Waals surface area contributed by atoms with Crippen LogP contribution in [0.3, 0.4) is 0 Å². The predicted octanol–water partition coefficient (Wildman–Crippen LogP) is 17.3. The Bertz CT molecular complexity index is 2870. The molecular weight excluding hydrogens is 2050 g/mol. The van der Waals surface area contributed by atoms with Gasteiger partial charge in [0.15, 0.2) is 5.78 Å². The number of aliphatic hydroxyl groups is 7. The van der Waals surface area contributed by atoms with E-state index in [1.54, 1.807) is 12.2 Å². The van der Waals surface area contributed by atoms with Crippen LogP contribution < -0.4 is 0 Å². The summed E-state index contributed by atoms with van der Waals surface area (Å²) in [6.07, 6.45) is 13.8. The van der Waals surface area contributed by atoms with Gasteiger partial charge in [0.1, 0.15) is 19.3 Å². The molecule has 10 rings (SSSR count). The van der Waals surface area contributed by atoms with E-state index in [2.05, 4.69) is 158 Å². The number of hydrogen-bond acceptors (Lipinski definition) is 24. The van der Waals surface area contributed by atoms with Crippen LogP contribution in [0.5, 0.6) is 0 Å². The summed E-state index contributed by atoms with van der Waals surface area (Å²) in [7, 11) is -0.762. The molecule has 32 heteroatoms. The van der Waals surface area contributed by atoms with Gasteiger partial charge in [-0.1, -0.05) is 179 Å². The fourth-order valence-electron chi connectivity index (χ4n) is 13.9. The van der Waals surface area contributed by atoms with Gasteiger partial charge in [-0.3, -0.25) is 4.79 Å². The van der Waals surface area contributed by atoms with E-state index >= 15 is 0 Å². The number of carbonyl (C=O) groups excluding carboxylic acids is 1. The summed E-state index contributed by atoms with van der Waals surface area (Å²) < 4.78 is 187. The molecule has 26 nitrogen and oxygen atoms in total. The molecule has 0 amide bonds. The molecule has 7 N–H and O–H groups in total. The van der Waals surface area contributed by atoms with Crippen molar-refractivity contribution in [3.05, 3.63) is 48.1 Å². The summed E-state index contributed by atoms with van der Waals surface area (Å²) in [5, 5.41) is 52.5. The number of rotatable bonds is 40. The molecule has 0 radical (unpaired) electrons. The SMILES string of the molecule is C=CC[C@@H](O)[C@H]1OCC[C@@H]1C.CC.[2H]C[C@H]1O[C@H]([3H])C[C@@H]1OP(OCC[N+]#[C-])OCC[C@@H](CI)[C@H]1O[C@H]([3H])C[C@@H]1C.[2H]C[C@H]1O[C@H]([3H])C[C@@H]1OP(OCC[N+]#[C-])OCC[C@@H](CI)[C@H]1O[C@H]([3H])C[C@@H]1C.[3H]OC.[3H]OC.[3H][C@@H]1C[C@H](C)[C@@H](C(=O)CCC)O1.[3H][C@@H]1C[C@H](C)[C@@H](CO)O1.[3H][C@@H]1C[C@H](C)[C@@H]([C@@H](CI)CCO)O1.[3H][C@@H]1C[C@H](C)[C@@H]([C@@H](O)CC=C)O1.[3H][C@@H]1C[C@H](C)[C@@H]([C@H](CI)CCO)O1. The Morgan fingerprint density at radius 3 is 1.09 bits per heavy atom. The lowest BCUT2D eigenvalue weighted by molar-refractivity contribution is -0.129. The van der Waals surface area contributed by atoms with Gasteiger partial charge in [-0.2, -0.15) is 0 Å². The average Bonchev–Trinajstić information content (AvgIpc) is 1.73. The lowest BCUT2D eigenvalue weighted by Crippen LogP contribution is -2.29. The second kappa shape index (κ2) is 78.5. The molecule has 0 bridgehead atoms. The fraction of sp³-hybridized carbons (Fsp3) is 0.921. The second-order valence-electron chi connectivity index (χ2n) is 30.8. The van der Waals surface area contributed by atoms with Crippen LogP contribution in [0.25, 0.3) is 9.69 Å². The Labute approximate surface area is 807 Å². The number of Topliss-reactive ketones (excluding diaryl/α,β-unsaturated/α-hetero) is 1. The van der Waals surface area contributed by atoms with Gasteiger partial charge < -0.3 is 120 Å². The van der Waals surface area contributed by atoms with Crippen molar-refractivity contribution in [1.82, 2.24) is 0 Å². The van der Waals surface area contributed by atoms with E-state index in [1.807, 2.05) is 41.5 Å². The second-order valence-corrected chi connectivity index (χ2v) is 36.7. The van der Waals surface area contributed by atoms with Crippen molar-refractivity contribution in [2.75, 3.05) is 157 Å². The Morgan fingerprint density at radius 1 is 0.496 bits per heavy atom. The zero-order valence-corrected chi connectivity index (χ0v) is 85.0. The number of carbonyl (C=O) groups is 1. The van der Waals surface area contributed by atoms with E-state index < -0.39 is 93.8 Å². The summed E-state index contributed by atoms with van der Waals surface area (Å²) in [6, 6.07) is 0. The number of ketones is 1. The first-order valence-electron chi connectivity index (χ1n) is 50.5. The highest BCUT2D eigenvalue weighted by Crippen LogP contribution is 2.46. The molecule has 10 aliphatic heterocycles. The van der Waals surface area contributed by atoms with Crippen molar-refractivity contribution in [3.63, 3.8) is 0 Å². The van der Waals surface area contributed by atoms with E-state index in [0.717, 1.165) is 101 Å². The first-order valence-corrected chi connectivity index (χ1v) is 51.4. The minimum Gasteiger partial charge on any atom is -0.400 e. The first-order chi connectivity index (χ1) is 63.9. The van der Waals surface area contributed by atoms with Crippen LogP contribution in [0.15, 0.2) is 25.3 Å². The van der Waals surface area contributed by atoms with Crippen molar-refractivity contribution in [3.8, 4) is 0 Å². The predicted molar refractivity (Wildman–Crippen MR) is 517 cm³/mol. The Balaban J connectivity index is 0.00000154. The molecule has 10 saturated heterocycles. The smallest absolute Gasteiger partial charge is 0.333 e. The largest absolute Gasteiger partial charge is 0.400 e. The van der Waals surface area contributed by atoms with Crippen molar-refractivity contribution in [1.29, 1.82) is 2.86 Å². The molecule has 10 heterocycles. The average molecular weight is 2240 g/mol. The number of ether oxygens (including phenoxy) is 10. The standard InChI is InChI=1S/2C17H29INO5P.2C9H17IO2.3C9H16O2.C6H12O2.C2H6.2CH4O/c2*1-13-4-8-21-17(13)15(12-18)5-10-22-25(23-11-7-19-3)24-16-6-9-20-14(16)2;2*1-7-3-5-12-9(7)8(6-10)2-4-11;3*1-3-4-8(10)9-7(2)5-6-11-9;1-5-2-3-8-6(5)4-7;3*1-2/h2*13-17H,4-12H2,1-2H3;2*7-9,11H,2-6H2,1H3;7,9H,3-6H2,1-2H3;2*3,7-10H,1,4-6H2,2H3;5-7H,2-4H2,1H3;1-2H3;2*2H,1H3/t2*13-,14+,15-,16-,17-,25?;7-,8+,9-;7-,8-,9-;7-,9-;7-,8+,9-;7-,8-,9-;5-,6+;;;/m00000000.../s1/i2*2D,8T,9T;2*5T;6T;;6T;3T;;2*2T/t2*8-,9-,13+,14-,15+,16+,17+,25?;5-,7+,8-,9+;5-,7+,8+,9+;6-,7+,9+;;6-,7+,8+,9+;3-,5+,6-;;;/m11111.11.... The molecule has 0 saturated carbocycles. The third kappa shape index (κ3) is 50.6. The molecule has 37 atom stereocenters. The van der Waals surface area contributed by atoms with Gasteiger partial charge in [-0.15, -0.1) is 13.2 Å². The first kappa shape index (κ1) is 99.5. The molecule has 0 spiro atoms. The molecule has 2 unspecified atom stereocenters. The monoisotopic (exact) mass is 2240 g/mol. The molecule has 0 aliphatic carbocycles. The van der Waals surface area contributed by atoms with E-state index in [1.165, 1.54) is 14.2 Å². The summed E-state index contributed by atoms with van der Waals surface area (Å²) in [5.74, 6) is 4.57. The third-order valence-electron chi connectivity index (χ3n) is 21.3. The number of halogens is 4. The highest BCUT2D eigenvalue weighted by molar-refractivity contribution is 14.1. The van der Waals surface area contributed by atoms with Gasteiger partial charge >= 0.3 is 17.2 Å². The van der Waals surface area contributed by atoms with E-state index in [9.17, 15) is 15.0 Å². The van der Waals surface area contributed by atoms with E-state index in [4.69, 9.17) is 121 Å². The van der Waals surface area contributed by atoms with Crippen LogP contribution in [0.2, 0.25) is 0 Å². The Morgan fingerprint density at radius 2 is 0.818 bits per heavy atom. The molecular formula is C89H166I4N2O24P2. The number of hydrogen-bond donors (Lipinski definition) is 7. The lowest BCUT2D eigenvalue weighted by atomic mass is 9.91. The zero-order valence-electron chi connectivity index (χ0n) is 87.6. The van der Waals surface area contributed by atoms with Crippen molar-refractivity contribution in [2.24, 2.45) is 71.0 Å². The number of aliphatic hydroxyl groups excluding tert-OH is 7. The highest BCUT2D eigenvalue weighted by atomic mass is 127. The summed E-state index contributed by atoms with van der Waals surface area (Å²) >= 11 is 9.35. The minimum atomic E-state index is -1.67. The summed E-state index contributed by atoms with van der Waals surface area (Å²) in [4.78, 5) is 17.9. The topological polar surface area (TPSA) is 315 Å². The van der Waals surface area contributed by atoms with Crippen LogP contribution in [-0.2, 0) is 79.3 Å². The van der Waals surface area contributed by atoms with E-state index in [0.29, 0.717) is 111 Å². The molecule has 0 aromatic heterocycles. The van der Waals surface area contributed by atoms with Gasteiger partial charge in [0.2, 0.25) is 16.0 Å². The molecule has 121 heavy (non-hydrogen) atoms. The minimum absolute atomic E-state index is 0.0212. The van der Waals surface area contributed by atoms with Crippen molar-refractivity contribution < 1.29 is 130 Å². The van der Waals surface area contributed by atoms with Crippen LogP contribution in [0, 0.1) is 84.2 Å². The van der Waals surface area contributed by atoms with Crippen LogP contribution >= 0.6 is 108 Å². The van der Waals surface area contributed by atoms with Crippen LogP contribution in [0.1, 0.15) is 221 Å². The highest BCUT2D eigenvalue weighted by Gasteiger charge is 2.39. The molecule has 0 aromatic carbocycles. The van der Waals surface area contributed by atoms with Gasteiger partial charge in [0.05, 0.1) is 112 Å². The molecule has 10 aliphatic rings. The van der Waals surface area contributed by atoms with Crippen LogP contribution in [-0.4, -0.2) is 287 Å². The van der Waals surface area contributed by atoms with Gasteiger partial charge in [-0.05, 0) is 194 Å². The van der Waals surface area contributed by atoms with E-state index in [-0.39, 0.29) is 146 Å². The maximum Gasteiger partial charge on any atom is 0.333 e. The van der Waals surface area contributed by atoms with Gasteiger partial charge in [-0.25, -0.2) is 13.1 Å². The summed E-state index contributed by atoms with van der Waals surface area (Å²) in [5.41, 5.74) is 0. The van der Waals surface area contributed by atoms with Crippen LogP contribution in [0.4, 0.5) is 0 Å². The lowest BCUT2D eigenvalue weighted by Gasteiger charge is -2.26. The van der Waals surface area contributed by atoms with Crippen molar-refractivity contribution >= 4 is 113 Å². The van der Waals surface area contributed by atoms with Gasteiger partial charge in [0.25, 0.3) is 0 Å². The molecule has 714 valence electrons. The molecule has 10 fully saturated rings. The Kier molecular flexibility index (Phi) is 64.5. The maximum atomic E-state index is 11.4. The Hall–Kier alpha value is 0.990. The maximum absolute atomic E-state index is 11.4. The fourth-order valence-corrected chi connectivity index (χ4v) is 19.9. The third-order valence-corrected chi connectivity index (χ3v) is 28.3. The van der Waals surface area contributed by atoms with Crippen molar-refractivity contribution in [2.45, 2.75) is 291 Å². The number of nitrogens with zero attached hydrogens (tertiary/aromatic N) is 2.